The van der Waals surface area contributed by atoms with E-state index in [1.165, 1.54) is 18.2 Å². The molecule has 0 aliphatic carbocycles. The van der Waals surface area contributed by atoms with Gasteiger partial charge >= 0.3 is 6.03 Å². The molecule has 0 fully saturated rings. The first-order valence-electron chi connectivity index (χ1n) is 6.06. The first-order chi connectivity index (χ1) is 8.88. The smallest absolute Gasteiger partial charge is 0.319 e. The number of hydrogen-bond acceptors (Lipinski definition) is 2. The van der Waals surface area contributed by atoms with Crippen molar-refractivity contribution in [1.29, 1.82) is 0 Å². The zero-order valence-corrected chi connectivity index (χ0v) is 12.5. The van der Waals surface area contributed by atoms with Gasteiger partial charge in [-0.2, -0.15) is 0 Å². The molecule has 2 atom stereocenters. The molecule has 0 aliphatic rings. The molecule has 106 valence electrons. The van der Waals surface area contributed by atoms with Gasteiger partial charge in [-0.1, -0.05) is 6.92 Å². The number of aliphatic hydroxyl groups excluding tert-OH is 1. The van der Waals surface area contributed by atoms with E-state index in [4.69, 9.17) is 0 Å². The molecule has 0 bridgehead atoms. The minimum atomic E-state index is -0.382. The molecule has 0 saturated carbocycles. The van der Waals surface area contributed by atoms with Crippen LogP contribution in [0.25, 0.3) is 0 Å². The largest absolute Gasteiger partial charge is 0.393 e. The Bertz CT molecular complexity index is 441. The van der Waals surface area contributed by atoms with Crippen molar-refractivity contribution in [2.75, 3.05) is 11.9 Å². The van der Waals surface area contributed by atoms with E-state index in [0.717, 1.165) is 0 Å². The fourth-order valence-electron chi connectivity index (χ4n) is 1.68. The molecule has 1 rings (SSSR count). The summed E-state index contributed by atoms with van der Waals surface area (Å²) >= 11 is 3.05. The first kappa shape index (κ1) is 15.9. The summed E-state index contributed by atoms with van der Waals surface area (Å²) in [6.45, 7) is 4.13. The number of halogens is 2. The van der Waals surface area contributed by atoms with E-state index in [2.05, 4.69) is 26.6 Å². The van der Waals surface area contributed by atoms with Crippen LogP contribution in [0.5, 0.6) is 0 Å². The molecule has 0 spiro atoms. The molecule has 0 radical (unpaired) electrons. The standard InChI is InChI=1S/C13H18BrFN2O2/c1-8(5-9(2)18)7-16-13(19)17-10-3-4-12(15)11(14)6-10/h3-4,6,8-9,18H,5,7H2,1-2H3,(H2,16,17,19). The lowest BCUT2D eigenvalue weighted by molar-refractivity contribution is 0.163. The number of carbonyl (C=O) groups is 1. The van der Waals surface area contributed by atoms with Gasteiger partial charge in [0.25, 0.3) is 0 Å². The zero-order chi connectivity index (χ0) is 14.4. The number of carbonyl (C=O) groups excluding carboxylic acids is 1. The van der Waals surface area contributed by atoms with Crippen LogP contribution in [-0.4, -0.2) is 23.8 Å². The monoisotopic (exact) mass is 332 g/mol. The molecule has 0 aliphatic heterocycles. The molecular weight excluding hydrogens is 315 g/mol. The summed E-state index contributed by atoms with van der Waals surface area (Å²) in [6, 6.07) is 3.90. The Hall–Kier alpha value is -1.14. The van der Waals surface area contributed by atoms with Crippen LogP contribution in [0.2, 0.25) is 0 Å². The van der Waals surface area contributed by atoms with Crippen molar-refractivity contribution in [3.05, 3.63) is 28.5 Å². The van der Waals surface area contributed by atoms with Crippen LogP contribution in [0.1, 0.15) is 20.3 Å². The van der Waals surface area contributed by atoms with Crippen LogP contribution in [0.4, 0.5) is 14.9 Å². The number of rotatable bonds is 5. The molecule has 6 heteroatoms. The Labute approximate surface area is 120 Å². The summed E-state index contributed by atoms with van der Waals surface area (Å²) in [5.41, 5.74) is 0.508. The molecule has 0 heterocycles. The zero-order valence-electron chi connectivity index (χ0n) is 10.9. The van der Waals surface area contributed by atoms with Crippen LogP contribution in [0.15, 0.2) is 22.7 Å². The molecule has 4 nitrogen and oxygen atoms in total. The van der Waals surface area contributed by atoms with E-state index < -0.39 is 0 Å². The lowest BCUT2D eigenvalue weighted by atomic mass is 10.1. The Morgan fingerprint density at radius 1 is 1.47 bits per heavy atom. The van der Waals surface area contributed by atoms with Crippen molar-refractivity contribution in [3.8, 4) is 0 Å². The van der Waals surface area contributed by atoms with Crippen molar-refractivity contribution in [2.24, 2.45) is 5.92 Å². The van der Waals surface area contributed by atoms with Gasteiger partial charge in [0, 0.05) is 12.2 Å². The summed E-state index contributed by atoms with van der Waals surface area (Å²) < 4.78 is 13.3. The normalized spacial score (nSPS) is 13.7. The molecule has 0 aromatic heterocycles. The Kier molecular flexibility index (Phi) is 6.24. The van der Waals surface area contributed by atoms with Gasteiger partial charge in [0.1, 0.15) is 5.82 Å². The predicted octanol–water partition coefficient (Wildman–Crippen LogP) is 3.12. The molecule has 3 N–H and O–H groups in total. The summed E-state index contributed by atoms with van der Waals surface area (Å²) in [7, 11) is 0. The molecular formula is C13H18BrFN2O2. The van der Waals surface area contributed by atoms with E-state index in [1.807, 2.05) is 6.92 Å². The number of benzene rings is 1. The quantitative estimate of drug-likeness (QED) is 0.775. The highest BCUT2D eigenvalue weighted by atomic mass is 79.9. The van der Waals surface area contributed by atoms with Crippen LogP contribution in [0.3, 0.4) is 0 Å². The molecule has 19 heavy (non-hydrogen) atoms. The lowest BCUT2D eigenvalue weighted by Gasteiger charge is -2.14. The molecule has 2 unspecified atom stereocenters. The Morgan fingerprint density at radius 2 is 2.16 bits per heavy atom. The molecule has 0 saturated heterocycles. The van der Waals surface area contributed by atoms with Crippen LogP contribution < -0.4 is 10.6 Å². The van der Waals surface area contributed by atoms with Crippen LogP contribution >= 0.6 is 15.9 Å². The van der Waals surface area contributed by atoms with Gasteiger partial charge in [-0.05, 0) is 53.4 Å². The maximum atomic E-state index is 13.0. The average Bonchev–Trinajstić information content (AvgIpc) is 2.30. The summed E-state index contributed by atoms with van der Waals surface area (Å²) in [4.78, 5) is 11.6. The SMILES string of the molecule is CC(O)CC(C)CNC(=O)Nc1ccc(F)c(Br)c1. The van der Waals surface area contributed by atoms with E-state index in [-0.39, 0.29) is 23.9 Å². The number of anilines is 1. The summed E-state index contributed by atoms with van der Waals surface area (Å²) in [5, 5.41) is 14.5. The van der Waals surface area contributed by atoms with Crippen LogP contribution in [0, 0.1) is 11.7 Å². The van der Waals surface area contributed by atoms with Gasteiger partial charge in [-0.25, -0.2) is 9.18 Å². The molecule has 1 aromatic carbocycles. The third-order valence-electron chi connectivity index (χ3n) is 2.53. The number of amides is 2. The van der Waals surface area contributed by atoms with Crippen molar-refractivity contribution in [2.45, 2.75) is 26.4 Å². The topological polar surface area (TPSA) is 61.4 Å². The minimum Gasteiger partial charge on any atom is -0.393 e. The second-order valence-corrected chi connectivity index (χ2v) is 5.51. The predicted molar refractivity (Wildman–Crippen MR) is 76.6 cm³/mol. The Balaban J connectivity index is 2.40. The molecule has 1 aromatic rings. The van der Waals surface area contributed by atoms with Crippen LogP contribution in [-0.2, 0) is 0 Å². The van der Waals surface area contributed by atoms with Gasteiger partial charge in [0.2, 0.25) is 0 Å². The third-order valence-corrected chi connectivity index (χ3v) is 3.14. The highest BCUT2D eigenvalue weighted by molar-refractivity contribution is 9.10. The van der Waals surface area contributed by atoms with E-state index in [0.29, 0.717) is 23.1 Å². The van der Waals surface area contributed by atoms with Crippen molar-refractivity contribution < 1.29 is 14.3 Å². The number of urea groups is 1. The minimum absolute atomic E-state index is 0.186. The van der Waals surface area contributed by atoms with Gasteiger partial charge in [-0.3, -0.25) is 0 Å². The van der Waals surface area contributed by atoms with E-state index in [9.17, 15) is 14.3 Å². The Morgan fingerprint density at radius 3 is 2.74 bits per heavy atom. The van der Waals surface area contributed by atoms with Gasteiger partial charge < -0.3 is 15.7 Å². The van der Waals surface area contributed by atoms with Gasteiger partial charge in [0.15, 0.2) is 0 Å². The number of aliphatic hydroxyl groups is 1. The second-order valence-electron chi connectivity index (χ2n) is 4.65. The van der Waals surface area contributed by atoms with Crippen molar-refractivity contribution in [1.82, 2.24) is 5.32 Å². The van der Waals surface area contributed by atoms with Crippen molar-refractivity contribution in [3.63, 3.8) is 0 Å². The van der Waals surface area contributed by atoms with Gasteiger partial charge in [-0.15, -0.1) is 0 Å². The maximum Gasteiger partial charge on any atom is 0.319 e. The summed E-state index contributed by atoms with van der Waals surface area (Å²) in [5.74, 6) is -0.192. The summed E-state index contributed by atoms with van der Waals surface area (Å²) in [6.07, 6.45) is 0.246. The highest BCUT2D eigenvalue weighted by Gasteiger charge is 2.09. The molecule has 2 amide bonds. The average molecular weight is 333 g/mol. The second kappa shape index (κ2) is 7.45. The highest BCUT2D eigenvalue weighted by Crippen LogP contribution is 2.19. The lowest BCUT2D eigenvalue weighted by Crippen LogP contribution is -2.33. The van der Waals surface area contributed by atoms with Crippen molar-refractivity contribution >= 4 is 27.6 Å². The number of hydrogen-bond donors (Lipinski definition) is 3. The fraction of sp³-hybridized carbons (Fsp3) is 0.462. The van der Waals surface area contributed by atoms with E-state index >= 15 is 0 Å². The first-order valence-corrected chi connectivity index (χ1v) is 6.85. The maximum absolute atomic E-state index is 13.0. The third kappa shape index (κ3) is 6.02. The number of nitrogens with one attached hydrogen (secondary N) is 2. The fourth-order valence-corrected chi connectivity index (χ4v) is 2.06. The van der Waals surface area contributed by atoms with E-state index in [1.54, 1.807) is 6.92 Å². The van der Waals surface area contributed by atoms with Gasteiger partial charge in [0.05, 0.1) is 10.6 Å².